The van der Waals surface area contributed by atoms with Crippen LogP contribution in [0.3, 0.4) is 0 Å². The van der Waals surface area contributed by atoms with Gasteiger partial charge in [-0.25, -0.2) is 9.07 Å². The minimum absolute atomic E-state index is 0.0130. The zero-order valence-corrected chi connectivity index (χ0v) is 18.1. The molecule has 0 radical (unpaired) electrons. The predicted octanol–water partition coefficient (Wildman–Crippen LogP) is 4.86. The molecule has 4 saturated carbocycles. The van der Waals surface area contributed by atoms with Crippen LogP contribution in [0, 0.1) is 30.0 Å². The maximum atomic E-state index is 13.9. The number of carboxylic acid groups (broad SMARTS) is 1. The minimum Gasteiger partial charge on any atom is -0.481 e. The normalized spacial score (nSPS) is 31.1. The SMILES string of the molecule is Cc1ccc(Nc2cnn(C34C[C@H]5C[C@@H](CC(CC(=O)O)(C5)C3)C4)c(=O)c2Cl)cc1F. The number of nitrogens with zero attached hydrogens (tertiary/aromatic N) is 2. The smallest absolute Gasteiger partial charge is 0.303 e. The van der Waals surface area contributed by atoms with E-state index in [0.717, 1.165) is 32.1 Å². The molecule has 2 N–H and O–H groups in total. The Hall–Kier alpha value is -2.41. The van der Waals surface area contributed by atoms with Crippen molar-refractivity contribution in [2.45, 2.75) is 57.4 Å². The van der Waals surface area contributed by atoms with Crippen molar-refractivity contribution in [1.29, 1.82) is 0 Å². The van der Waals surface area contributed by atoms with Crippen LogP contribution in [0.5, 0.6) is 0 Å². The molecule has 4 fully saturated rings. The molecule has 0 aliphatic heterocycles. The van der Waals surface area contributed by atoms with Crippen LogP contribution in [0.15, 0.2) is 29.2 Å². The van der Waals surface area contributed by atoms with Crippen LogP contribution in [-0.4, -0.2) is 20.9 Å². The van der Waals surface area contributed by atoms with Gasteiger partial charge in [0, 0.05) is 5.69 Å². The van der Waals surface area contributed by atoms with Crippen LogP contribution >= 0.6 is 11.6 Å². The Bertz CT molecular complexity index is 1120. The summed E-state index contributed by atoms with van der Waals surface area (Å²) in [5.74, 6) is -0.289. The molecule has 4 aliphatic rings. The van der Waals surface area contributed by atoms with Gasteiger partial charge in [-0.3, -0.25) is 9.59 Å². The lowest BCUT2D eigenvalue weighted by atomic mass is 9.46. The van der Waals surface area contributed by atoms with Crippen LogP contribution in [0.1, 0.15) is 50.5 Å². The number of nitrogens with one attached hydrogen (secondary N) is 1. The molecule has 4 bridgehead atoms. The molecule has 31 heavy (non-hydrogen) atoms. The van der Waals surface area contributed by atoms with Crippen molar-refractivity contribution in [1.82, 2.24) is 9.78 Å². The monoisotopic (exact) mass is 445 g/mol. The molecule has 164 valence electrons. The van der Waals surface area contributed by atoms with Gasteiger partial charge < -0.3 is 10.4 Å². The van der Waals surface area contributed by atoms with E-state index >= 15 is 0 Å². The highest BCUT2D eigenvalue weighted by Gasteiger charge is 2.59. The van der Waals surface area contributed by atoms with Crippen LogP contribution < -0.4 is 10.9 Å². The van der Waals surface area contributed by atoms with Gasteiger partial charge in [-0.2, -0.15) is 5.10 Å². The zero-order valence-electron chi connectivity index (χ0n) is 17.3. The molecule has 0 spiro atoms. The third-order valence-electron chi connectivity index (χ3n) is 7.50. The summed E-state index contributed by atoms with van der Waals surface area (Å²) in [6.07, 6.45) is 6.92. The largest absolute Gasteiger partial charge is 0.481 e. The first kappa shape index (κ1) is 20.5. The lowest BCUT2D eigenvalue weighted by Gasteiger charge is -2.61. The van der Waals surface area contributed by atoms with Crippen molar-refractivity contribution in [3.63, 3.8) is 0 Å². The number of aryl methyl sites for hydroxylation is 1. The summed E-state index contributed by atoms with van der Waals surface area (Å²) in [4.78, 5) is 24.8. The number of benzene rings is 1. The molecule has 2 atom stereocenters. The number of aliphatic carboxylic acids is 1. The molecule has 1 aromatic heterocycles. The van der Waals surface area contributed by atoms with Crippen LogP contribution in [-0.2, 0) is 10.3 Å². The Labute approximate surface area is 184 Å². The number of anilines is 2. The highest BCUT2D eigenvalue weighted by atomic mass is 35.5. The van der Waals surface area contributed by atoms with Crippen LogP contribution in [0.4, 0.5) is 15.8 Å². The van der Waals surface area contributed by atoms with Crippen LogP contribution in [0.25, 0.3) is 0 Å². The lowest BCUT2D eigenvalue weighted by molar-refractivity contribution is -0.151. The van der Waals surface area contributed by atoms with Gasteiger partial charge in [-0.1, -0.05) is 17.7 Å². The highest BCUT2D eigenvalue weighted by molar-refractivity contribution is 6.33. The van der Waals surface area contributed by atoms with Gasteiger partial charge >= 0.3 is 5.97 Å². The summed E-state index contributed by atoms with van der Waals surface area (Å²) < 4.78 is 15.4. The second-order valence-electron chi connectivity index (χ2n) is 9.93. The Kier molecular flexibility index (Phi) is 4.66. The maximum Gasteiger partial charge on any atom is 0.303 e. The van der Waals surface area contributed by atoms with Crippen molar-refractivity contribution in [2.24, 2.45) is 17.3 Å². The molecule has 0 amide bonds. The zero-order chi connectivity index (χ0) is 22.0. The van der Waals surface area contributed by atoms with E-state index in [0.29, 0.717) is 35.2 Å². The Morgan fingerprint density at radius 3 is 2.68 bits per heavy atom. The Morgan fingerprint density at radius 2 is 2.03 bits per heavy atom. The molecule has 1 heterocycles. The topological polar surface area (TPSA) is 84.2 Å². The predicted molar refractivity (Wildman–Crippen MR) is 115 cm³/mol. The van der Waals surface area contributed by atoms with E-state index in [2.05, 4.69) is 10.4 Å². The van der Waals surface area contributed by atoms with Crippen molar-refractivity contribution >= 4 is 28.9 Å². The van der Waals surface area contributed by atoms with Crippen molar-refractivity contribution in [3.05, 3.63) is 51.2 Å². The summed E-state index contributed by atoms with van der Waals surface area (Å²) >= 11 is 6.45. The summed E-state index contributed by atoms with van der Waals surface area (Å²) in [5.41, 5.74) is 0.221. The van der Waals surface area contributed by atoms with Crippen molar-refractivity contribution < 1.29 is 14.3 Å². The summed E-state index contributed by atoms with van der Waals surface area (Å²) in [5, 5.41) is 17.0. The fraction of sp³-hybridized carbons (Fsp3) is 0.522. The quantitative estimate of drug-likeness (QED) is 0.686. The summed E-state index contributed by atoms with van der Waals surface area (Å²) in [6.45, 7) is 1.68. The summed E-state index contributed by atoms with van der Waals surface area (Å²) in [7, 11) is 0. The van der Waals surface area contributed by atoms with Crippen molar-refractivity contribution in [2.75, 3.05) is 5.32 Å². The van der Waals surface area contributed by atoms with E-state index in [4.69, 9.17) is 11.6 Å². The first-order valence-electron chi connectivity index (χ1n) is 10.7. The van der Waals surface area contributed by atoms with Crippen molar-refractivity contribution in [3.8, 4) is 0 Å². The maximum absolute atomic E-state index is 13.9. The lowest BCUT2D eigenvalue weighted by Crippen LogP contribution is -2.59. The van der Waals surface area contributed by atoms with Gasteiger partial charge in [0.1, 0.15) is 10.8 Å². The van der Waals surface area contributed by atoms with Gasteiger partial charge in [0.2, 0.25) is 0 Å². The highest BCUT2D eigenvalue weighted by Crippen LogP contribution is 2.65. The van der Waals surface area contributed by atoms with Gasteiger partial charge in [-0.15, -0.1) is 0 Å². The van der Waals surface area contributed by atoms with E-state index in [1.165, 1.54) is 16.9 Å². The number of rotatable bonds is 5. The van der Waals surface area contributed by atoms with Gasteiger partial charge in [-0.05, 0) is 80.4 Å². The van der Waals surface area contributed by atoms with Gasteiger partial charge in [0.15, 0.2) is 0 Å². The fourth-order valence-corrected chi connectivity index (χ4v) is 7.04. The molecule has 1 aromatic carbocycles. The van der Waals surface area contributed by atoms with E-state index in [1.54, 1.807) is 19.1 Å². The fourth-order valence-electron chi connectivity index (χ4n) is 6.86. The number of carboxylic acids is 1. The van der Waals surface area contributed by atoms with E-state index in [-0.39, 0.29) is 28.2 Å². The Morgan fingerprint density at radius 1 is 1.32 bits per heavy atom. The molecular weight excluding hydrogens is 421 g/mol. The molecule has 6 rings (SSSR count). The molecular formula is C23H25ClFN3O3. The molecule has 0 unspecified atom stereocenters. The Balaban J connectivity index is 1.49. The first-order chi connectivity index (χ1) is 14.7. The van der Waals surface area contributed by atoms with Gasteiger partial charge in [0.05, 0.1) is 23.8 Å². The molecule has 6 nitrogen and oxygen atoms in total. The van der Waals surface area contributed by atoms with Crippen LogP contribution in [0.2, 0.25) is 5.02 Å². The average Bonchev–Trinajstić information content (AvgIpc) is 2.66. The third kappa shape index (κ3) is 3.43. The number of aromatic nitrogens is 2. The second kappa shape index (κ2) is 7.05. The molecule has 8 heteroatoms. The standard InChI is InChI=1S/C23H25ClFN3O3/c1-13-2-3-16(5-17(13)25)27-18-11-26-28(21(31)20(18)24)23-8-14-4-15(9-23)7-22(6-14,12-23)10-19(29)30/h2-3,5,11,14-15,27H,4,6-10,12H2,1H3,(H,29,30)/t14-,15-,22?,23?/m0/s1. The summed E-state index contributed by atoms with van der Waals surface area (Å²) in [6, 6.07) is 4.72. The second-order valence-corrected chi connectivity index (χ2v) is 10.3. The van der Waals surface area contributed by atoms with Gasteiger partial charge in [0.25, 0.3) is 5.56 Å². The minimum atomic E-state index is -0.777. The number of hydrogen-bond acceptors (Lipinski definition) is 4. The molecule has 4 aliphatic carbocycles. The number of hydrogen-bond donors (Lipinski definition) is 2. The molecule has 0 saturated heterocycles. The van der Waals surface area contributed by atoms with E-state index < -0.39 is 11.5 Å². The third-order valence-corrected chi connectivity index (χ3v) is 7.86. The van der Waals surface area contributed by atoms with E-state index in [9.17, 15) is 19.1 Å². The number of carbonyl (C=O) groups is 1. The van der Waals surface area contributed by atoms with E-state index in [1.807, 2.05) is 0 Å². The molecule has 2 aromatic rings. The average molecular weight is 446 g/mol. The first-order valence-corrected chi connectivity index (χ1v) is 11.1. The number of halogens is 2.